The van der Waals surface area contributed by atoms with Crippen LogP contribution in [0.3, 0.4) is 0 Å². The number of hydrogen-bond donors (Lipinski definition) is 1. The van der Waals surface area contributed by atoms with Gasteiger partial charge in [-0.2, -0.15) is 0 Å². The molecule has 0 saturated carbocycles. The van der Waals surface area contributed by atoms with Crippen molar-refractivity contribution in [2.45, 2.75) is 39.2 Å². The van der Waals surface area contributed by atoms with E-state index in [2.05, 4.69) is 42.6 Å². The van der Waals surface area contributed by atoms with E-state index in [1.54, 1.807) is 23.2 Å². The molecule has 1 fully saturated rings. The minimum Gasteiger partial charge on any atom is -0.450 e. The fourth-order valence-electron chi connectivity index (χ4n) is 3.52. The number of rotatable bonds is 6. The Morgan fingerprint density at radius 3 is 2.46 bits per heavy atom. The third kappa shape index (κ3) is 4.93. The summed E-state index contributed by atoms with van der Waals surface area (Å²) in [7, 11) is 0. The van der Waals surface area contributed by atoms with Gasteiger partial charge in [-0.3, -0.25) is 4.79 Å². The summed E-state index contributed by atoms with van der Waals surface area (Å²) in [4.78, 5) is 27.6. The topological polar surface area (TPSA) is 58.6 Å². The fraction of sp³-hybridized carbons (Fsp3) is 0.455. The summed E-state index contributed by atoms with van der Waals surface area (Å²) >= 11 is 1.65. The summed E-state index contributed by atoms with van der Waals surface area (Å²) in [5.74, 6) is -0.0236. The number of ether oxygens (including phenoxy) is 1. The lowest BCUT2D eigenvalue weighted by atomic mass is 9.95. The number of likely N-dealkylation sites (tertiary alicyclic amines) is 1. The molecule has 1 aromatic carbocycles. The predicted molar refractivity (Wildman–Crippen MR) is 111 cm³/mol. The van der Waals surface area contributed by atoms with Crippen molar-refractivity contribution in [1.29, 1.82) is 0 Å². The molecule has 1 N–H and O–H groups in total. The molecule has 1 aromatic heterocycles. The number of thiophene rings is 1. The summed E-state index contributed by atoms with van der Waals surface area (Å²) in [6, 6.07) is 12.4. The molecular formula is C22H28N2O3S. The summed E-state index contributed by atoms with van der Waals surface area (Å²) in [5.41, 5.74) is 2.38. The molecule has 0 spiro atoms. The normalized spacial score (nSPS) is 15.9. The summed E-state index contributed by atoms with van der Waals surface area (Å²) < 4.78 is 5.06. The number of benzene rings is 1. The van der Waals surface area contributed by atoms with Gasteiger partial charge in [0.2, 0.25) is 5.91 Å². The zero-order valence-corrected chi connectivity index (χ0v) is 17.3. The minimum absolute atomic E-state index is 0.0569. The number of nitrogens with zero attached hydrogens (tertiary/aromatic N) is 1. The van der Waals surface area contributed by atoms with Crippen molar-refractivity contribution < 1.29 is 14.3 Å². The highest BCUT2D eigenvalue weighted by molar-refractivity contribution is 7.10. The fourth-order valence-corrected chi connectivity index (χ4v) is 4.32. The van der Waals surface area contributed by atoms with Crippen LogP contribution in [0.5, 0.6) is 0 Å². The van der Waals surface area contributed by atoms with E-state index in [1.807, 2.05) is 11.4 Å². The van der Waals surface area contributed by atoms with Gasteiger partial charge in [0.25, 0.3) is 0 Å². The molecule has 3 rings (SSSR count). The SMILES string of the molecule is CCOC(=O)N1CCC(C(=O)NC(c2ccc(CC)cc2)c2cccs2)CC1. The molecule has 0 bridgehead atoms. The highest BCUT2D eigenvalue weighted by atomic mass is 32.1. The van der Waals surface area contributed by atoms with Crippen LogP contribution in [-0.2, 0) is 16.0 Å². The Morgan fingerprint density at radius 1 is 1.18 bits per heavy atom. The molecule has 0 radical (unpaired) electrons. The largest absolute Gasteiger partial charge is 0.450 e. The van der Waals surface area contributed by atoms with Crippen molar-refractivity contribution in [3.63, 3.8) is 0 Å². The standard InChI is InChI=1S/C22H28N2O3S/c1-3-16-7-9-17(10-8-16)20(19-6-5-15-28-19)23-21(25)18-11-13-24(14-12-18)22(26)27-4-2/h5-10,15,18,20H,3-4,11-14H2,1-2H3,(H,23,25). The molecule has 5 nitrogen and oxygen atoms in total. The van der Waals surface area contributed by atoms with Gasteiger partial charge in [0.1, 0.15) is 0 Å². The molecule has 2 aromatic rings. The van der Waals surface area contributed by atoms with Gasteiger partial charge in [-0.15, -0.1) is 11.3 Å². The second kappa shape index (κ2) is 9.73. The number of carbonyl (C=O) groups excluding carboxylic acids is 2. The second-order valence-corrected chi connectivity index (χ2v) is 7.99. The number of nitrogens with one attached hydrogen (secondary N) is 1. The molecule has 2 heterocycles. The van der Waals surface area contributed by atoms with E-state index < -0.39 is 0 Å². The Hall–Kier alpha value is -2.34. The van der Waals surface area contributed by atoms with Gasteiger partial charge >= 0.3 is 6.09 Å². The van der Waals surface area contributed by atoms with Gasteiger partial charge in [-0.25, -0.2) is 4.79 Å². The minimum atomic E-state index is -0.283. The van der Waals surface area contributed by atoms with E-state index in [1.165, 1.54) is 5.56 Å². The molecular weight excluding hydrogens is 372 g/mol. The highest BCUT2D eigenvalue weighted by Crippen LogP contribution is 2.28. The second-order valence-electron chi connectivity index (χ2n) is 7.01. The molecule has 28 heavy (non-hydrogen) atoms. The van der Waals surface area contributed by atoms with Crippen LogP contribution < -0.4 is 5.32 Å². The Balaban J connectivity index is 1.66. The van der Waals surface area contributed by atoms with Crippen LogP contribution in [0.2, 0.25) is 0 Å². The molecule has 1 unspecified atom stereocenters. The van der Waals surface area contributed by atoms with Gasteiger partial charge < -0.3 is 15.0 Å². The zero-order valence-electron chi connectivity index (χ0n) is 16.5. The lowest BCUT2D eigenvalue weighted by molar-refractivity contribution is -0.126. The average molecular weight is 401 g/mol. The van der Waals surface area contributed by atoms with Gasteiger partial charge in [-0.05, 0) is 48.8 Å². The van der Waals surface area contributed by atoms with E-state index in [0.29, 0.717) is 32.5 Å². The Labute approximate surface area is 170 Å². The van der Waals surface area contributed by atoms with Crippen LogP contribution in [0, 0.1) is 5.92 Å². The Bertz CT molecular complexity index is 766. The number of hydrogen-bond acceptors (Lipinski definition) is 4. The number of piperidine rings is 1. The first-order valence-electron chi connectivity index (χ1n) is 9.96. The van der Waals surface area contributed by atoms with Crippen molar-refractivity contribution in [3.8, 4) is 0 Å². The summed E-state index contributed by atoms with van der Waals surface area (Å²) in [6.45, 7) is 5.43. The van der Waals surface area contributed by atoms with Crippen molar-refractivity contribution in [1.82, 2.24) is 10.2 Å². The van der Waals surface area contributed by atoms with Crippen LogP contribution in [0.25, 0.3) is 0 Å². The van der Waals surface area contributed by atoms with Crippen LogP contribution in [0.15, 0.2) is 41.8 Å². The Kier molecular flexibility index (Phi) is 7.09. The first-order valence-corrected chi connectivity index (χ1v) is 10.8. The summed E-state index contributed by atoms with van der Waals surface area (Å²) in [6.07, 6.45) is 2.04. The number of aryl methyl sites for hydroxylation is 1. The van der Waals surface area contributed by atoms with Crippen LogP contribution in [0.4, 0.5) is 4.79 Å². The molecule has 6 heteroatoms. The lowest BCUT2D eigenvalue weighted by Crippen LogP contribution is -2.44. The molecule has 150 valence electrons. The van der Waals surface area contributed by atoms with Crippen LogP contribution in [0.1, 0.15) is 48.7 Å². The van der Waals surface area contributed by atoms with E-state index in [4.69, 9.17) is 4.74 Å². The van der Waals surface area contributed by atoms with E-state index in [-0.39, 0.29) is 24.0 Å². The maximum Gasteiger partial charge on any atom is 0.409 e. The predicted octanol–water partition coefficient (Wildman–Crippen LogP) is 4.38. The Morgan fingerprint density at radius 2 is 1.89 bits per heavy atom. The molecule has 1 aliphatic heterocycles. The molecule has 1 atom stereocenters. The maximum atomic E-state index is 13.0. The van der Waals surface area contributed by atoms with Crippen LogP contribution >= 0.6 is 11.3 Å². The van der Waals surface area contributed by atoms with Gasteiger partial charge in [0.05, 0.1) is 12.6 Å². The van der Waals surface area contributed by atoms with E-state index in [9.17, 15) is 9.59 Å². The van der Waals surface area contributed by atoms with Crippen molar-refractivity contribution in [2.75, 3.05) is 19.7 Å². The number of amides is 2. The first kappa shape index (κ1) is 20.4. The lowest BCUT2D eigenvalue weighted by Gasteiger charge is -2.31. The zero-order chi connectivity index (χ0) is 19.9. The molecule has 1 saturated heterocycles. The van der Waals surface area contributed by atoms with Gasteiger partial charge in [-0.1, -0.05) is 37.3 Å². The van der Waals surface area contributed by atoms with E-state index in [0.717, 1.165) is 16.9 Å². The molecule has 2 amide bonds. The maximum absolute atomic E-state index is 13.0. The third-order valence-corrected chi connectivity index (χ3v) is 6.16. The monoisotopic (exact) mass is 400 g/mol. The van der Waals surface area contributed by atoms with Crippen molar-refractivity contribution in [3.05, 3.63) is 57.8 Å². The van der Waals surface area contributed by atoms with Crippen LogP contribution in [-0.4, -0.2) is 36.6 Å². The van der Waals surface area contributed by atoms with Crippen molar-refractivity contribution >= 4 is 23.3 Å². The van der Waals surface area contributed by atoms with E-state index >= 15 is 0 Å². The van der Waals surface area contributed by atoms with Gasteiger partial charge in [0, 0.05) is 23.9 Å². The quantitative estimate of drug-likeness (QED) is 0.783. The number of carbonyl (C=O) groups is 2. The summed E-state index contributed by atoms with van der Waals surface area (Å²) in [5, 5.41) is 5.28. The average Bonchev–Trinajstić information content (AvgIpc) is 3.27. The smallest absolute Gasteiger partial charge is 0.409 e. The van der Waals surface area contributed by atoms with Gasteiger partial charge in [0.15, 0.2) is 0 Å². The molecule has 1 aliphatic rings. The first-order chi connectivity index (χ1) is 13.6. The third-order valence-electron chi connectivity index (χ3n) is 5.23. The van der Waals surface area contributed by atoms with Crippen molar-refractivity contribution in [2.24, 2.45) is 5.92 Å². The molecule has 0 aliphatic carbocycles. The highest BCUT2D eigenvalue weighted by Gasteiger charge is 2.29.